The van der Waals surface area contributed by atoms with Crippen molar-refractivity contribution in [3.05, 3.63) is 58.1 Å². The van der Waals surface area contributed by atoms with Gasteiger partial charge in [0.15, 0.2) is 0 Å². The number of halogens is 1. The molecule has 0 aliphatic heterocycles. The number of rotatable bonds is 4. The van der Waals surface area contributed by atoms with Gasteiger partial charge in [0, 0.05) is 17.9 Å². The van der Waals surface area contributed by atoms with Crippen molar-refractivity contribution in [3.8, 4) is 5.75 Å². The highest BCUT2D eigenvalue weighted by Crippen LogP contribution is 2.24. The van der Waals surface area contributed by atoms with Crippen LogP contribution in [0.15, 0.2) is 46.9 Å². The fraction of sp³-hybridized carbons (Fsp3) is 0.133. The summed E-state index contributed by atoms with van der Waals surface area (Å²) < 4.78 is 0.544. The van der Waals surface area contributed by atoms with Crippen LogP contribution in [0.25, 0.3) is 0 Å². The number of anilines is 1. The molecule has 0 heterocycles. The van der Waals surface area contributed by atoms with Gasteiger partial charge in [-0.1, -0.05) is 12.1 Å². The lowest BCUT2D eigenvalue weighted by Crippen LogP contribution is -2.11. The van der Waals surface area contributed by atoms with Crippen molar-refractivity contribution in [3.63, 3.8) is 0 Å². The molecule has 0 radical (unpaired) electrons. The minimum absolute atomic E-state index is 0.0240. The SMILES string of the molecule is O=C(Nc1ccc(CCO)cc1)c1ccc(Br)c(O)c1. The van der Waals surface area contributed by atoms with Crippen molar-refractivity contribution in [2.45, 2.75) is 6.42 Å². The van der Waals surface area contributed by atoms with E-state index in [9.17, 15) is 9.90 Å². The van der Waals surface area contributed by atoms with Gasteiger partial charge in [0.1, 0.15) is 5.75 Å². The van der Waals surface area contributed by atoms with E-state index in [1.54, 1.807) is 24.3 Å². The summed E-state index contributed by atoms with van der Waals surface area (Å²) >= 11 is 3.17. The van der Waals surface area contributed by atoms with E-state index in [0.717, 1.165) is 5.56 Å². The second kappa shape index (κ2) is 6.54. The predicted molar refractivity (Wildman–Crippen MR) is 81.0 cm³/mol. The number of phenolic OH excluding ortho intramolecular Hbond substituents is 1. The summed E-state index contributed by atoms with van der Waals surface area (Å²) in [5, 5.41) is 21.1. The Morgan fingerprint density at radius 3 is 2.45 bits per heavy atom. The molecule has 0 unspecified atom stereocenters. The number of aromatic hydroxyl groups is 1. The smallest absolute Gasteiger partial charge is 0.255 e. The first-order chi connectivity index (χ1) is 9.60. The van der Waals surface area contributed by atoms with E-state index >= 15 is 0 Å². The quantitative estimate of drug-likeness (QED) is 0.804. The number of aliphatic hydroxyl groups is 1. The van der Waals surface area contributed by atoms with Crippen LogP contribution in [0.4, 0.5) is 5.69 Å². The van der Waals surface area contributed by atoms with E-state index in [1.165, 1.54) is 6.07 Å². The molecule has 5 heteroatoms. The van der Waals surface area contributed by atoms with E-state index in [1.807, 2.05) is 12.1 Å². The molecular formula is C15H14BrNO3. The molecule has 0 spiro atoms. The highest BCUT2D eigenvalue weighted by molar-refractivity contribution is 9.10. The van der Waals surface area contributed by atoms with Crippen LogP contribution >= 0.6 is 15.9 Å². The zero-order valence-corrected chi connectivity index (χ0v) is 12.2. The lowest BCUT2D eigenvalue weighted by Gasteiger charge is -2.07. The highest BCUT2D eigenvalue weighted by Gasteiger charge is 2.08. The number of amides is 1. The van der Waals surface area contributed by atoms with Crippen molar-refractivity contribution in [2.75, 3.05) is 11.9 Å². The van der Waals surface area contributed by atoms with Crippen LogP contribution in [0.3, 0.4) is 0 Å². The van der Waals surface area contributed by atoms with Gasteiger partial charge >= 0.3 is 0 Å². The monoisotopic (exact) mass is 335 g/mol. The third kappa shape index (κ3) is 3.59. The van der Waals surface area contributed by atoms with E-state index in [0.29, 0.717) is 22.1 Å². The third-order valence-electron chi connectivity index (χ3n) is 2.82. The minimum Gasteiger partial charge on any atom is -0.507 e. The van der Waals surface area contributed by atoms with Crippen LogP contribution in [0.2, 0.25) is 0 Å². The first kappa shape index (κ1) is 14.6. The summed E-state index contributed by atoms with van der Waals surface area (Å²) in [6.07, 6.45) is 0.592. The molecule has 2 aromatic carbocycles. The number of nitrogens with one attached hydrogen (secondary N) is 1. The summed E-state index contributed by atoms with van der Waals surface area (Å²) in [6.45, 7) is 0.101. The van der Waals surface area contributed by atoms with Crippen molar-refractivity contribution in [1.82, 2.24) is 0 Å². The Balaban J connectivity index is 2.08. The number of phenols is 1. The van der Waals surface area contributed by atoms with Gasteiger partial charge in [0.2, 0.25) is 0 Å². The molecule has 3 N–H and O–H groups in total. The summed E-state index contributed by atoms with van der Waals surface area (Å²) in [5.74, 6) is -0.265. The van der Waals surface area contributed by atoms with Crippen LogP contribution in [0.1, 0.15) is 15.9 Å². The fourth-order valence-electron chi connectivity index (χ4n) is 1.74. The maximum absolute atomic E-state index is 12.0. The van der Waals surface area contributed by atoms with Gasteiger partial charge in [-0.25, -0.2) is 0 Å². The van der Waals surface area contributed by atoms with Crippen molar-refractivity contribution < 1.29 is 15.0 Å². The Morgan fingerprint density at radius 2 is 1.85 bits per heavy atom. The maximum atomic E-state index is 12.0. The highest BCUT2D eigenvalue weighted by atomic mass is 79.9. The molecule has 0 atom stereocenters. The molecule has 0 saturated carbocycles. The Morgan fingerprint density at radius 1 is 1.15 bits per heavy atom. The number of hydrogen-bond donors (Lipinski definition) is 3. The standard InChI is InChI=1S/C15H14BrNO3/c16-13-6-3-11(9-14(13)19)15(20)17-12-4-1-10(2-5-12)7-8-18/h1-6,9,18-19H,7-8H2,(H,17,20). The molecule has 104 valence electrons. The average molecular weight is 336 g/mol. The summed E-state index contributed by atoms with van der Waals surface area (Å²) in [5.41, 5.74) is 2.05. The zero-order valence-electron chi connectivity index (χ0n) is 10.6. The molecule has 0 bridgehead atoms. The first-order valence-electron chi connectivity index (χ1n) is 6.10. The Labute approximate surface area is 125 Å². The van der Waals surface area contributed by atoms with Gasteiger partial charge in [0.05, 0.1) is 4.47 Å². The van der Waals surface area contributed by atoms with E-state index in [2.05, 4.69) is 21.2 Å². The van der Waals surface area contributed by atoms with E-state index < -0.39 is 0 Å². The van der Waals surface area contributed by atoms with Crippen molar-refractivity contribution in [2.24, 2.45) is 0 Å². The molecule has 20 heavy (non-hydrogen) atoms. The number of carbonyl (C=O) groups is 1. The number of benzene rings is 2. The molecular weight excluding hydrogens is 322 g/mol. The van der Waals surface area contributed by atoms with Gasteiger partial charge < -0.3 is 15.5 Å². The van der Waals surface area contributed by atoms with Crippen molar-refractivity contribution >= 4 is 27.5 Å². The first-order valence-corrected chi connectivity index (χ1v) is 6.89. The third-order valence-corrected chi connectivity index (χ3v) is 3.49. The summed E-state index contributed by atoms with van der Waals surface area (Å²) in [7, 11) is 0. The van der Waals surface area contributed by atoms with Crippen LogP contribution in [-0.2, 0) is 6.42 Å². The topological polar surface area (TPSA) is 69.6 Å². The molecule has 0 aliphatic rings. The van der Waals surface area contributed by atoms with Crippen LogP contribution in [0.5, 0.6) is 5.75 Å². The number of carbonyl (C=O) groups excluding carboxylic acids is 1. The molecule has 0 saturated heterocycles. The molecule has 0 aromatic heterocycles. The Kier molecular flexibility index (Phi) is 4.76. The van der Waals surface area contributed by atoms with Crippen LogP contribution in [-0.4, -0.2) is 22.7 Å². The van der Waals surface area contributed by atoms with E-state index in [4.69, 9.17) is 5.11 Å². The lowest BCUT2D eigenvalue weighted by atomic mass is 10.1. The van der Waals surface area contributed by atoms with E-state index in [-0.39, 0.29) is 18.3 Å². The molecule has 0 fully saturated rings. The molecule has 2 rings (SSSR count). The van der Waals surface area contributed by atoms with Gasteiger partial charge in [-0.2, -0.15) is 0 Å². The largest absolute Gasteiger partial charge is 0.507 e. The number of hydrogen-bond acceptors (Lipinski definition) is 3. The fourth-order valence-corrected chi connectivity index (χ4v) is 1.99. The average Bonchev–Trinajstić information content (AvgIpc) is 2.44. The predicted octanol–water partition coefficient (Wildman–Crippen LogP) is 2.94. The summed E-state index contributed by atoms with van der Waals surface area (Å²) in [4.78, 5) is 12.0. The van der Waals surface area contributed by atoms with Crippen LogP contribution in [0, 0.1) is 0 Å². The Hall–Kier alpha value is -1.85. The zero-order chi connectivity index (χ0) is 14.5. The lowest BCUT2D eigenvalue weighted by molar-refractivity contribution is 0.102. The second-order valence-electron chi connectivity index (χ2n) is 4.29. The maximum Gasteiger partial charge on any atom is 0.255 e. The molecule has 1 amide bonds. The molecule has 0 aliphatic carbocycles. The van der Waals surface area contributed by atoms with Gasteiger partial charge in [-0.3, -0.25) is 4.79 Å². The van der Waals surface area contributed by atoms with Gasteiger partial charge in [0.25, 0.3) is 5.91 Å². The molecule has 4 nitrogen and oxygen atoms in total. The minimum atomic E-state index is -0.289. The van der Waals surface area contributed by atoms with Crippen LogP contribution < -0.4 is 5.32 Å². The van der Waals surface area contributed by atoms with Gasteiger partial charge in [-0.05, 0) is 58.2 Å². The van der Waals surface area contributed by atoms with Gasteiger partial charge in [-0.15, -0.1) is 0 Å². The Bertz CT molecular complexity index is 611. The second-order valence-corrected chi connectivity index (χ2v) is 5.15. The van der Waals surface area contributed by atoms with Crippen molar-refractivity contribution in [1.29, 1.82) is 0 Å². The molecule has 2 aromatic rings. The number of aliphatic hydroxyl groups excluding tert-OH is 1. The normalized spacial score (nSPS) is 10.3. The summed E-state index contributed by atoms with van der Waals surface area (Å²) in [6, 6.07) is 11.9.